The molecule has 0 saturated carbocycles. The van der Waals surface area contributed by atoms with Crippen LogP contribution < -0.4 is 10.2 Å². The summed E-state index contributed by atoms with van der Waals surface area (Å²) in [7, 11) is 0. The number of aromatic hydroxyl groups is 1. The first kappa shape index (κ1) is 39.4. The van der Waals surface area contributed by atoms with Gasteiger partial charge in [0.05, 0.1) is 27.8 Å². The van der Waals surface area contributed by atoms with Crippen LogP contribution in [0.3, 0.4) is 0 Å². The number of amides is 2. The lowest BCUT2D eigenvalue weighted by Gasteiger charge is -2.29. The van der Waals surface area contributed by atoms with Gasteiger partial charge in [0.2, 0.25) is 17.8 Å². The quantitative estimate of drug-likeness (QED) is 0.128. The lowest BCUT2D eigenvalue weighted by atomic mass is 9.91. The van der Waals surface area contributed by atoms with E-state index in [1.54, 1.807) is 58.2 Å². The molecule has 2 aliphatic rings. The third-order valence-corrected chi connectivity index (χ3v) is 13.8. The molecule has 7 heterocycles. The average Bonchev–Trinajstić information content (AvgIpc) is 4.11. The van der Waals surface area contributed by atoms with Gasteiger partial charge in [-0.2, -0.15) is 0 Å². The molecule has 9 rings (SSSR count). The summed E-state index contributed by atoms with van der Waals surface area (Å²) in [4.78, 5) is 48.9. The third kappa shape index (κ3) is 7.74. The van der Waals surface area contributed by atoms with Gasteiger partial charge in [0.1, 0.15) is 34.0 Å². The van der Waals surface area contributed by atoms with E-state index in [9.17, 15) is 14.7 Å². The number of likely N-dealkylation sites (tertiary alicyclic amines) is 1. The van der Waals surface area contributed by atoms with Gasteiger partial charge in [0, 0.05) is 65.4 Å². The van der Waals surface area contributed by atoms with Crippen molar-refractivity contribution >= 4 is 50.7 Å². The minimum atomic E-state index is -0.613. The molecule has 0 radical (unpaired) electrons. The minimum Gasteiger partial charge on any atom is -0.507 e. The summed E-state index contributed by atoms with van der Waals surface area (Å²) in [6, 6.07) is 20.5. The summed E-state index contributed by atoms with van der Waals surface area (Å²) in [5.41, 5.74) is 7.47. The van der Waals surface area contributed by atoms with Crippen LogP contribution in [0, 0.1) is 12.8 Å². The first-order valence-electron chi connectivity index (χ1n) is 20.3. The van der Waals surface area contributed by atoms with Crippen molar-refractivity contribution < 1.29 is 19.2 Å². The number of thiazole rings is 1. The van der Waals surface area contributed by atoms with E-state index in [2.05, 4.69) is 48.8 Å². The normalized spacial score (nSPS) is 17.8. The number of aromatic nitrogens is 6. The van der Waals surface area contributed by atoms with E-state index in [1.165, 1.54) is 4.88 Å². The fourth-order valence-corrected chi connectivity index (χ4v) is 10.3. The second-order valence-electron chi connectivity index (χ2n) is 16.0. The number of thiophene rings is 1. The Morgan fingerprint density at radius 3 is 2.47 bits per heavy atom. The Morgan fingerprint density at radius 1 is 0.917 bits per heavy atom. The Kier molecular flexibility index (Phi) is 10.9. The first-order chi connectivity index (χ1) is 29.1. The van der Waals surface area contributed by atoms with Crippen LogP contribution in [0.5, 0.6) is 5.75 Å². The molecule has 0 aliphatic carbocycles. The Morgan fingerprint density at radius 2 is 1.72 bits per heavy atom. The topological polar surface area (TPSA) is 163 Å². The van der Waals surface area contributed by atoms with Crippen molar-refractivity contribution in [1.82, 2.24) is 40.5 Å². The van der Waals surface area contributed by atoms with Crippen molar-refractivity contribution in [3.05, 3.63) is 107 Å². The van der Waals surface area contributed by atoms with Gasteiger partial charge in [0.25, 0.3) is 0 Å². The highest BCUT2D eigenvalue weighted by molar-refractivity contribution is 7.18. The van der Waals surface area contributed by atoms with Crippen molar-refractivity contribution in [3.8, 4) is 38.7 Å². The molecule has 306 valence electrons. The predicted octanol–water partition coefficient (Wildman–Crippen LogP) is 8.54. The molecule has 13 nitrogen and oxygen atoms in total. The van der Waals surface area contributed by atoms with E-state index >= 15 is 0 Å². The van der Waals surface area contributed by atoms with Gasteiger partial charge in [-0.25, -0.2) is 15.0 Å². The lowest BCUT2D eigenvalue weighted by molar-refractivity contribution is -0.141. The van der Waals surface area contributed by atoms with Gasteiger partial charge in [-0.15, -0.1) is 32.9 Å². The largest absolute Gasteiger partial charge is 0.507 e. The SMILES string of the molecule is Cc1ncsc1-c1ccc([C@H](C)NC(=O)[C@@H]2CCCN2C(=O)[C@@H](c2cc(-c3cnc(N4CC[C@H](c5cc6cc(-c7ccccc7O)nnc6s5)C4)nc3)no2)C(C)C)cc1. The second kappa shape index (κ2) is 16.5. The molecule has 2 aromatic carbocycles. The molecule has 7 aromatic rings. The molecule has 5 aromatic heterocycles. The smallest absolute Gasteiger partial charge is 0.243 e. The van der Waals surface area contributed by atoms with E-state index in [0.29, 0.717) is 53.1 Å². The predicted molar refractivity (Wildman–Crippen MR) is 233 cm³/mol. The van der Waals surface area contributed by atoms with Gasteiger partial charge < -0.3 is 24.7 Å². The van der Waals surface area contributed by atoms with Crippen molar-refractivity contribution in [1.29, 1.82) is 0 Å². The summed E-state index contributed by atoms with van der Waals surface area (Å²) < 4.78 is 5.85. The number of rotatable bonds is 11. The number of aryl methyl sites for hydroxylation is 1. The highest BCUT2D eigenvalue weighted by Gasteiger charge is 2.40. The molecule has 2 saturated heterocycles. The van der Waals surface area contributed by atoms with E-state index in [0.717, 1.165) is 57.8 Å². The van der Waals surface area contributed by atoms with Crippen LogP contribution in [0.1, 0.15) is 79.8 Å². The molecule has 0 unspecified atom stereocenters. The van der Waals surface area contributed by atoms with Gasteiger partial charge >= 0.3 is 0 Å². The maximum atomic E-state index is 14.2. The minimum absolute atomic E-state index is 0.101. The van der Waals surface area contributed by atoms with Crippen LogP contribution in [0.2, 0.25) is 0 Å². The number of benzene rings is 2. The summed E-state index contributed by atoms with van der Waals surface area (Å²) in [5.74, 6) is 0.556. The van der Waals surface area contributed by atoms with Gasteiger partial charge in [-0.3, -0.25) is 9.59 Å². The van der Waals surface area contributed by atoms with E-state index in [1.807, 2.05) is 63.5 Å². The number of carbonyl (C=O) groups excluding carboxylic acids is 2. The Hall–Kier alpha value is -6.06. The number of fused-ring (bicyclic) bond motifs is 1. The number of nitrogens with zero attached hydrogens (tertiary/aromatic N) is 8. The van der Waals surface area contributed by atoms with Crippen molar-refractivity contribution in [2.24, 2.45) is 5.92 Å². The summed E-state index contributed by atoms with van der Waals surface area (Å²) >= 11 is 3.26. The summed E-state index contributed by atoms with van der Waals surface area (Å²) in [5, 5.41) is 27.7. The molecule has 2 fully saturated rings. The monoisotopic (exact) mass is 839 g/mol. The highest BCUT2D eigenvalue weighted by Crippen LogP contribution is 2.38. The molecule has 0 spiro atoms. The molecular formula is C45H45N9O4S2. The van der Waals surface area contributed by atoms with Crippen LogP contribution in [0.25, 0.3) is 43.2 Å². The highest BCUT2D eigenvalue weighted by atomic mass is 32.1. The number of hydrogen-bond donors (Lipinski definition) is 2. The van der Waals surface area contributed by atoms with Gasteiger partial charge in [-0.05, 0) is 74.4 Å². The maximum Gasteiger partial charge on any atom is 0.243 e. The van der Waals surface area contributed by atoms with Crippen molar-refractivity contribution in [3.63, 3.8) is 0 Å². The van der Waals surface area contributed by atoms with Crippen LogP contribution >= 0.6 is 22.7 Å². The average molecular weight is 840 g/mol. The zero-order valence-electron chi connectivity index (χ0n) is 33.8. The molecule has 60 heavy (non-hydrogen) atoms. The zero-order valence-corrected chi connectivity index (χ0v) is 35.4. The first-order valence-corrected chi connectivity index (χ1v) is 22.0. The number of carbonyl (C=O) groups is 2. The molecule has 4 atom stereocenters. The third-order valence-electron chi connectivity index (χ3n) is 11.7. The zero-order chi connectivity index (χ0) is 41.5. The van der Waals surface area contributed by atoms with Crippen molar-refractivity contribution in [2.45, 2.75) is 70.9 Å². The molecule has 0 bridgehead atoms. The van der Waals surface area contributed by atoms with Crippen LogP contribution in [-0.4, -0.2) is 77.8 Å². The number of para-hydroxylation sites is 1. The van der Waals surface area contributed by atoms with Gasteiger partial charge in [0.15, 0.2) is 0 Å². The van der Waals surface area contributed by atoms with Crippen LogP contribution in [0.15, 0.2) is 89.2 Å². The lowest BCUT2D eigenvalue weighted by Crippen LogP contribution is -2.48. The Balaban J connectivity index is 0.834. The van der Waals surface area contributed by atoms with E-state index in [4.69, 9.17) is 14.5 Å². The number of hydrogen-bond acceptors (Lipinski definition) is 13. The standard InChI is InChI=1S/C45H45N9O4S2/c1-25(2)40(44(57)54-16-7-9-36(54)42(56)49-26(3)28-11-13-29(14-12-28)41-27(4)48-24-59-41)38-20-34(52-58-38)32-21-46-45(47-22-32)53-17-15-30(23-53)39-19-31-18-35(50-51-43(31)60-39)33-8-5-6-10-37(33)55/h5-6,8,10-14,18-22,24-26,30,36,40,55H,7,9,15-17,23H2,1-4H3,(H,49,56)/t26-,30-,36-,40+/m0/s1. The van der Waals surface area contributed by atoms with Crippen LogP contribution in [-0.2, 0) is 9.59 Å². The van der Waals surface area contributed by atoms with Gasteiger partial charge in [-0.1, -0.05) is 55.4 Å². The fraction of sp³-hybridized carbons (Fsp3) is 0.333. The number of phenols is 1. The maximum absolute atomic E-state index is 14.2. The summed E-state index contributed by atoms with van der Waals surface area (Å²) in [6.45, 7) is 10.0. The fourth-order valence-electron chi connectivity index (χ4n) is 8.37. The van der Waals surface area contributed by atoms with E-state index in [-0.39, 0.29) is 29.5 Å². The number of phenolic OH excluding ortho intramolecular Hbond substituents is 1. The van der Waals surface area contributed by atoms with E-state index < -0.39 is 12.0 Å². The van der Waals surface area contributed by atoms with Crippen molar-refractivity contribution in [2.75, 3.05) is 24.5 Å². The number of nitrogens with one attached hydrogen (secondary N) is 1. The van der Waals surface area contributed by atoms with Crippen LogP contribution in [0.4, 0.5) is 5.95 Å². The Bertz CT molecular complexity index is 2660. The second-order valence-corrected chi connectivity index (χ2v) is 17.9. The molecule has 2 N–H and O–H groups in total. The molecule has 2 amide bonds. The molecule has 2 aliphatic heterocycles. The Labute approximate surface area is 355 Å². The molecular weight excluding hydrogens is 795 g/mol. The molecule has 15 heteroatoms. The summed E-state index contributed by atoms with van der Waals surface area (Å²) in [6.07, 6.45) is 5.79. The number of anilines is 1.